The Bertz CT molecular complexity index is 893. The van der Waals surface area contributed by atoms with E-state index < -0.39 is 0 Å². The fraction of sp³-hybridized carbons (Fsp3) is 0.476. The zero-order chi connectivity index (χ0) is 20.9. The third-order valence-electron chi connectivity index (χ3n) is 5.35. The molecule has 1 aromatic carbocycles. The summed E-state index contributed by atoms with van der Waals surface area (Å²) in [5.41, 5.74) is 1.69. The van der Waals surface area contributed by atoms with Crippen LogP contribution in [0, 0.1) is 0 Å². The van der Waals surface area contributed by atoms with Gasteiger partial charge in [0.05, 0.1) is 18.8 Å². The fourth-order valence-corrected chi connectivity index (χ4v) is 4.83. The highest BCUT2D eigenvalue weighted by molar-refractivity contribution is 7.15. The van der Waals surface area contributed by atoms with Gasteiger partial charge >= 0.3 is 12.1 Å². The molecule has 1 aliphatic carbocycles. The van der Waals surface area contributed by atoms with Gasteiger partial charge in [-0.05, 0) is 44.0 Å². The van der Waals surface area contributed by atoms with Crippen LogP contribution in [0.2, 0.25) is 0 Å². The summed E-state index contributed by atoms with van der Waals surface area (Å²) in [5.74, 6) is 0.778. The van der Waals surface area contributed by atoms with Crippen LogP contribution < -0.4 is 20.7 Å². The van der Waals surface area contributed by atoms with Crippen LogP contribution in [-0.4, -0.2) is 41.1 Å². The largest absolute Gasteiger partial charge is 0.494 e. The molecular formula is C21H27N5O3S. The highest BCUT2D eigenvalue weighted by Crippen LogP contribution is 2.29. The van der Waals surface area contributed by atoms with Gasteiger partial charge in [-0.25, -0.2) is 14.6 Å². The van der Waals surface area contributed by atoms with Gasteiger partial charge in [-0.1, -0.05) is 24.2 Å². The van der Waals surface area contributed by atoms with Crippen molar-refractivity contribution in [2.75, 3.05) is 23.8 Å². The molecule has 160 valence electrons. The first-order chi connectivity index (χ1) is 14.6. The van der Waals surface area contributed by atoms with E-state index in [4.69, 9.17) is 4.74 Å². The van der Waals surface area contributed by atoms with E-state index in [0.717, 1.165) is 34.8 Å². The lowest BCUT2D eigenvalue weighted by molar-refractivity contribution is 0.207. The number of nitrogens with one attached hydrogen (secondary N) is 3. The highest BCUT2D eigenvalue weighted by atomic mass is 32.1. The lowest BCUT2D eigenvalue weighted by Gasteiger charge is -2.26. The lowest BCUT2D eigenvalue weighted by Crippen LogP contribution is -2.38. The van der Waals surface area contributed by atoms with Gasteiger partial charge in [-0.15, -0.1) is 0 Å². The van der Waals surface area contributed by atoms with Crippen LogP contribution in [0.1, 0.15) is 43.2 Å². The summed E-state index contributed by atoms with van der Waals surface area (Å²) in [6.07, 6.45) is 5.10. The van der Waals surface area contributed by atoms with Crippen LogP contribution in [0.25, 0.3) is 0 Å². The zero-order valence-corrected chi connectivity index (χ0v) is 17.9. The maximum Gasteiger partial charge on any atom is 0.322 e. The topological polar surface area (TPSA) is 95.6 Å². The zero-order valence-electron chi connectivity index (χ0n) is 17.1. The first-order valence-corrected chi connectivity index (χ1v) is 11.3. The summed E-state index contributed by atoms with van der Waals surface area (Å²) >= 11 is 1.44. The molecule has 8 nitrogen and oxygen atoms in total. The number of hydrogen-bond acceptors (Lipinski definition) is 5. The van der Waals surface area contributed by atoms with Crippen molar-refractivity contribution in [3.05, 3.63) is 34.8 Å². The van der Waals surface area contributed by atoms with Crippen molar-refractivity contribution >= 4 is 34.2 Å². The number of benzene rings is 1. The molecule has 1 fully saturated rings. The van der Waals surface area contributed by atoms with Crippen LogP contribution in [-0.2, 0) is 13.0 Å². The van der Waals surface area contributed by atoms with Crippen LogP contribution in [0.3, 0.4) is 0 Å². The molecule has 1 aromatic heterocycles. The Morgan fingerprint density at radius 1 is 1.20 bits per heavy atom. The van der Waals surface area contributed by atoms with Crippen molar-refractivity contribution in [2.24, 2.45) is 0 Å². The van der Waals surface area contributed by atoms with Crippen molar-refractivity contribution in [1.29, 1.82) is 0 Å². The molecule has 4 amide bonds. The van der Waals surface area contributed by atoms with Crippen LogP contribution >= 0.6 is 11.3 Å². The number of urea groups is 2. The Balaban J connectivity index is 1.31. The van der Waals surface area contributed by atoms with E-state index in [1.165, 1.54) is 24.2 Å². The van der Waals surface area contributed by atoms with E-state index in [9.17, 15) is 9.59 Å². The average Bonchev–Trinajstić information content (AvgIpc) is 3.38. The molecule has 0 unspecified atom stereocenters. The number of hydrogen-bond donors (Lipinski definition) is 3. The van der Waals surface area contributed by atoms with Gasteiger partial charge < -0.3 is 20.3 Å². The standard InChI is InChI=1S/C21H27N5O3S/c1-2-29-16-9-7-15(8-10-16)23-21(28)26-12-11-17-18(13-26)30-20(24-17)25-19(27)22-14-5-3-4-6-14/h7-10,14H,2-6,11-13H2,1H3,(H,23,28)(H2,22,24,25,27). The molecule has 1 aliphatic heterocycles. The van der Waals surface area contributed by atoms with E-state index in [0.29, 0.717) is 31.2 Å². The van der Waals surface area contributed by atoms with Gasteiger partial charge in [0.25, 0.3) is 0 Å². The maximum absolute atomic E-state index is 12.7. The summed E-state index contributed by atoms with van der Waals surface area (Å²) in [6, 6.07) is 7.26. The molecule has 3 N–H and O–H groups in total. The molecule has 0 saturated heterocycles. The normalized spacial score (nSPS) is 16.1. The van der Waals surface area contributed by atoms with Gasteiger partial charge in [-0.2, -0.15) is 0 Å². The number of amides is 4. The number of ether oxygens (including phenoxy) is 1. The van der Waals surface area contributed by atoms with E-state index in [-0.39, 0.29) is 18.1 Å². The minimum Gasteiger partial charge on any atom is -0.494 e. The summed E-state index contributed by atoms with van der Waals surface area (Å²) in [4.78, 5) is 32.2. The minimum absolute atomic E-state index is 0.147. The second-order valence-electron chi connectivity index (χ2n) is 7.53. The highest BCUT2D eigenvalue weighted by Gasteiger charge is 2.25. The summed E-state index contributed by atoms with van der Waals surface area (Å²) in [7, 11) is 0. The quantitative estimate of drug-likeness (QED) is 0.664. The van der Waals surface area contributed by atoms with E-state index in [1.54, 1.807) is 4.90 Å². The number of thiazole rings is 1. The summed E-state index contributed by atoms with van der Waals surface area (Å²) < 4.78 is 5.42. The van der Waals surface area contributed by atoms with Gasteiger partial charge in [0.15, 0.2) is 5.13 Å². The fourth-order valence-electron chi connectivity index (χ4n) is 3.81. The Morgan fingerprint density at radius 2 is 1.97 bits per heavy atom. The average molecular weight is 430 g/mol. The molecule has 2 aromatic rings. The minimum atomic E-state index is -0.196. The van der Waals surface area contributed by atoms with Gasteiger partial charge in [0.1, 0.15) is 5.75 Å². The molecule has 0 bridgehead atoms. The van der Waals surface area contributed by atoms with Crippen LogP contribution in [0.4, 0.5) is 20.4 Å². The predicted molar refractivity (Wildman–Crippen MR) is 117 cm³/mol. The SMILES string of the molecule is CCOc1ccc(NC(=O)N2CCc3nc(NC(=O)NC4CCCC4)sc3C2)cc1. The smallest absolute Gasteiger partial charge is 0.322 e. The number of carbonyl (C=O) groups excluding carboxylic acids is 2. The molecule has 30 heavy (non-hydrogen) atoms. The van der Waals surface area contributed by atoms with Gasteiger partial charge in [-0.3, -0.25) is 5.32 Å². The first-order valence-electron chi connectivity index (χ1n) is 10.5. The second kappa shape index (κ2) is 9.34. The van der Waals surface area contributed by atoms with E-state index >= 15 is 0 Å². The van der Waals surface area contributed by atoms with E-state index in [1.807, 2.05) is 31.2 Å². The molecule has 0 radical (unpaired) electrons. The maximum atomic E-state index is 12.7. The van der Waals surface area contributed by atoms with Crippen molar-refractivity contribution in [2.45, 2.75) is 51.6 Å². The third kappa shape index (κ3) is 5.02. The molecule has 2 heterocycles. The van der Waals surface area contributed by atoms with Crippen molar-refractivity contribution < 1.29 is 14.3 Å². The molecule has 2 aliphatic rings. The summed E-state index contributed by atoms with van der Waals surface area (Å²) in [5, 5.41) is 9.37. The molecule has 4 rings (SSSR count). The molecule has 0 spiro atoms. The van der Waals surface area contributed by atoms with Crippen molar-refractivity contribution in [3.63, 3.8) is 0 Å². The lowest BCUT2D eigenvalue weighted by atomic mass is 10.2. The molecular weight excluding hydrogens is 402 g/mol. The number of fused-ring (bicyclic) bond motifs is 1. The predicted octanol–water partition coefficient (Wildman–Crippen LogP) is 4.20. The van der Waals surface area contributed by atoms with Crippen molar-refractivity contribution in [1.82, 2.24) is 15.2 Å². The molecule has 1 saturated carbocycles. The number of carbonyl (C=O) groups is 2. The number of anilines is 2. The molecule has 9 heteroatoms. The van der Waals surface area contributed by atoms with Gasteiger partial charge in [0.2, 0.25) is 0 Å². The van der Waals surface area contributed by atoms with Crippen molar-refractivity contribution in [3.8, 4) is 5.75 Å². The monoisotopic (exact) mass is 429 g/mol. The summed E-state index contributed by atoms with van der Waals surface area (Å²) in [6.45, 7) is 3.62. The van der Waals surface area contributed by atoms with E-state index in [2.05, 4.69) is 20.9 Å². The van der Waals surface area contributed by atoms with Gasteiger partial charge in [0, 0.05) is 29.6 Å². The third-order valence-corrected chi connectivity index (χ3v) is 6.34. The Labute approximate surface area is 180 Å². The number of rotatable bonds is 5. The van der Waals surface area contributed by atoms with Crippen LogP contribution in [0.15, 0.2) is 24.3 Å². The number of aromatic nitrogens is 1. The first kappa shape index (κ1) is 20.5. The number of nitrogens with zero attached hydrogens (tertiary/aromatic N) is 2. The Kier molecular flexibility index (Phi) is 6.37. The second-order valence-corrected chi connectivity index (χ2v) is 8.61. The van der Waals surface area contributed by atoms with Crippen LogP contribution in [0.5, 0.6) is 5.75 Å². The Morgan fingerprint density at radius 3 is 2.70 bits per heavy atom. The Hall–Kier alpha value is -2.81. The molecule has 0 atom stereocenters.